The molecule has 0 aromatic carbocycles. The molecule has 0 radical (unpaired) electrons. The SMILES string of the molecule is CC1(C)CCC(c2noc(NC3CC3)n2)CC1. The van der Waals surface area contributed by atoms with Gasteiger partial charge in [0.1, 0.15) is 0 Å². The Bertz CT molecular complexity index is 385. The van der Waals surface area contributed by atoms with Crippen LogP contribution in [0.2, 0.25) is 0 Å². The predicted molar refractivity (Wildman–Crippen MR) is 65.9 cm³/mol. The van der Waals surface area contributed by atoms with E-state index < -0.39 is 0 Å². The molecule has 1 aromatic rings. The van der Waals surface area contributed by atoms with Gasteiger partial charge in [-0.3, -0.25) is 0 Å². The third-order valence-electron chi connectivity index (χ3n) is 4.05. The van der Waals surface area contributed by atoms with E-state index in [-0.39, 0.29) is 0 Å². The molecule has 2 aliphatic carbocycles. The quantitative estimate of drug-likeness (QED) is 0.873. The summed E-state index contributed by atoms with van der Waals surface area (Å²) in [6, 6.07) is 1.20. The molecule has 1 aromatic heterocycles. The predicted octanol–water partition coefficient (Wildman–Crippen LogP) is 3.33. The zero-order valence-electron chi connectivity index (χ0n) is 10.7. The van der Waals surface area contributed by atoms with Crippen LogP contribution < -0.4 is 5.32 Å². The minimum atomic E-state index is 0.495. The Morgan fingerprint density at radius 2 is 1.88 bits per heavy atom. The number of hydrogen-bond donors (Lipinski definition) is 1. The molecular weight excluding hydrogens is 214 g/mol. The van der Waals surface area contributed by atoms with Crippen LogP contribution in [0.5, 0.6) is 0 Å². The molecule has 0 amide bonds. The Hall–Kier alpha value is -1.06. The number of anilines is 1. The Kier molecular flexibility index (Phi) is 2.60. The Morgan fingerprint density at radius 1 is 1.18 bits per heavy atom. The average molecular weight is 235 g/mol. The van der Waals surface area contributed by atoms with Crippen LogP contribution in [0.25, 0.3) is 0 Å². The lowest BCUT2D eigenvalue weighted by Gasteiger charge is -2.32. The van der Waals surface area contributed by atoms with Gasteiger partial charge < -0.3 is 9.84 Å². The molecular formula is C13H21N3O. The zero-order valence-corrected chi connectivity index (χ0v) is 10.7. The third-order valence-corrected chi connectivity index (χ3v) is 4.05. The first-order valence-electron chi connectivity index (χ1n) is 6.72. The van der Waals surface area contributed by atoms with Crippen molar-refractivity contribution in [3.8, 4) is 0 Å². The van der Waals surface area contributed by atoms with Crippen LogP contribution in [0.4, 0.5) is 6.01 Å². The van der Waals surface area contributed by atoms with Crippen LogP contribution in [0.3, 0.4) is 0 Å². The standard InChI is InChI=1S/C13H21N3O/c1-13(2)7-5-9(6-8-13)11-15-12(17-16-11)14-10-3-4-10/h9-10H,3-8H2,1-2H3,(H,14,15,16). The molecule has 17 heavy (non-hydrogen) atoms. The lowest BCUT2D eigenvalue weighted by molar-refractivity contribution is 0.218. The first-order chi connectivity index (χ1) is 8.12. The minimum absolute atomic E-state index is 0.495. The fourth-order valence-electron chi connectivity index (χ4n) is 2.52. The van der Waals surface area contributed by atoms with Crippen molar-refractivity contribution in [1.82, 2.24) is 10.1 Å². The van der Waals surface area contributed by atoms with Gasteiger partial charge in [-0.2, -0.15) is 4.98 Å². The Labute approximate surface area is 102 Å². The van der Waals surface area contributed by atoms with Gasteiger partial charge in [-0.25, -0.2) is 0 Å². The maximum atomic E-state index is 5.25. The molecule has 0 bridgehead atoms. The largest absolute Gasteiger partial charge is 0.335 e. The highest BCUT2D eigenvalue weighted by Gasteiger charge is 2.30. The van der Waals surface area contributed by atoms with E-state index in [2.05, 4.69) is 29.3 Å². The summed E-state index contributed by atoms with van der Waals surface area (Å²) in [5.41, 5.74) is 0.495. The maximum absolute atomic E-state index is 5.25. The Balaban J connectivity index is 1.62. The van der Waals surface area contributed by atoms with E-state index in [1.165, 1.54) is 38.5 Å². The molecule has 0 aliphatic heterocycles. The van der Waals surface area contributed by atoms with Crippen molar-refractivity contribution in [3.05, 3.63) is 5.82 Å². The lowest BCUT2D eigenvalue weighted by Crippen LogP contribution is -2.20. The molecule has 94 valence electrons. The van der Waals surface area contributed by atoms with Crippen molar-refractivity contribution in [1.29, 1.82) is 0 Å². The molecule has 2 fully saturated rings. The summed E-state index contributed by atoms with van der Waals surface area (Å²) in [5, 5.41) is 7.37. The number of hydrogen-bond acceptors (Lipinski definition) is 4. The van der Waals surface area contributed by atoms with Crippen molar-refractivity contribution in [2.24, 2.45) is 5.41 Å². The molecule has 0 spiro atoms. The topological polar surface area (TPSA) is 51.0 Å². The third kappa shape index (κ3) is 2.61. The normalized spacial score (nSPS) is 24.8. The van der Waals surface area contributed by atoms with Gasteiger partial charge in [0.15, 0.2) is 5.82 Å². The smallest absolute Gasteiger partial charge is 0.321 e. The van der Waals surface area contributed by atoms with Crippen molar-refractivity contribution in [2.75, 3.05) is 5.32 Å². The van der Waals surface area contributed by atoms with Crippen LogP contribution in [0.15, 0.2) is 4.52 Å². The van der Waals surface area contributed by atoms with E-state index in [0.717, 1.165) is 5.82 Å². The summed E-state index contributed by atoms with van der Waals surface area (Å²) >= 11 is 0. The number of nitrogens with zero attached hydrogens (tertiary/aromatic N) is 2. The van der Waals surface area contributed by atoms with Gasteiger partial charge >= 0.3 is 6.01 Å². The first-order valence-corrected chi connectivity index (χ1v) is 6.72. The van der Waals surface area contributed by atoms with Gasteiger partial charge in [-0.15, -0.1) is 0 Å². The van der Waals surface area contributed by atoms with Crippen molar-refractivity contribution >= 4 is 6.01 Å². The molecule has 1 heterocycles. The van der Waals surface area contributed by atoms with Crippen molar-refractivity contribution in [2.45, 2.75) is 64.3 Å². The summed E-state index contributed by atoms with van der Waals surface area (Å²) in [6.45, 7) is 4.69. The summed E-state index contributed by atoms with van der Waals surface area (Å²) in [5.74, 6) is 1.41. The number of aromatic nitrogens is 2. The molecule has 2 saturated carbocycles. The first kappa shape index (κ1) is 11.1. The highest BCUT2D eigenvalue weighted by Crippen LogP contribution is 2.41. The van der Waals surface area contributed by atoms with E-state index in [1.807, 2.05) is 0 Å². The molecule has 0 unspecified atom stereocenters. The highest BCUT2D eigenvalue weighted by atomic mass is 16.5. The summed E-state index contributed by atoms with van der Waals surface area (Å²) < 4.78 is 5.25. The van der Waals surface area contributed by atoms with Gasteiger partial charge in [0, 0.05) is 12.0 Å². The van der Waals surface area contributed by atoms with Crippen LogP contribution in [-0.4, -0.2) is 16.2 Å². The lowest BCUT2D eigenvalue weighted by atomic mass is 9.73. The number of nitrogens with one attached hydrogen (secondary N) is 1. The zero-order chi connectivity index (χ0) is 11.9. The van der Waals surface area contributed by atoms with Crippen LogP contribution >= 0.6 is 0 Å². The second-order valence-corrected chi connectivity index (χ2v) is 6.31. The van der Waals surface area contributed by atoms with Gasteiger partial charge in [-0.05, 0) is 43.9 Å². The van der Waals surface area contributed by atoms with Gasteiger partial charge in [0.05, 0.1) is 0 Å². The monoisotopic (exact) mass is 235 g/mol. The van der Waals surface area contributed by atoms with Crippen LogP contribution in [0.1, 0.15) is 64.1 Å². The summed E-state index contributed by atoms with van der Waals surface area (Å²) in [7, 11) is 0. The Morgan fingerprint density at radius 3 is 2.53 bits per heavy atom. The second-order valence-electron chi connectivity index (χ2n) is 6.31. The van der Waals surface area contributed by atoms with Gasteiger partial charge in [-0.1, -0.05) is 19.0 Å². The molecule has 0 atom stereocenters. The summed E-state index contributed by atoms with van der Waals surface area (Å²) in [4.78, 5) is 4.47. The molecule has 4 nitrogen and oxygen atoms in total. The van der Waals surface area contributed by atoms with Crippen molar-refractivity contribution in [3.63, 3.8) is 0 Å². The fourth-order valence-corrected chi connectivity index (χ4v) is 2.52. The van der Waals surface area contributed by atoms with E-state index >= 15 is 0 Å². The minimum Gasteiger partial charge on any atom is -0.335 e. The highest BCUT2D eigenvalue weighted by molar-refractivity contribution is 5.24. The molecule has 4 heteroatoms. The molecule has 1 N–H and O–H groups in total. The van der Waals surface area contributed by atoms with E-state index in [9.17, 15) is 0 Å². The second kappa shape index (κ2) is 4.00. The molecule has 2 aliphatic rings. The summed E-state index contributed by atoms with van der Waals surface area (Å²) in [6.07, 6.45) is 7.37. The number of rotatable bonds is 3. The molecule has 0 saturated heterocycles. The van der Waals surface area contributed by atoms with Gasteiger partial charge in [0.25, 0.3) is 0 Å². The van der Waals surface area contributed by atoms with Crippen LogP contribution in [-0.2, 0) is 0 Å². The van der Waals surface area contributed by atoms with E-state index in [1.54, 1.807) is 0 Å². The van der Waals surface area contributed by atoms with Crippen molar-refractivity contribution < 1.29 is 4.52 Å². The van der Waals surface area contributed by atoms with Crippen LogP contribution in [0, 0.1) is 5.41 Å². The van der Waals surface area contributed by atoms with E-state index in [4.69, 9.17) is 4.52 Å². The molecule has 3 rings (SSSR count). The fraction of sp³-hybridized carbons (Fsp3) is 0.846. The van der Waals surface area contributed by atoms with Gasteiger partial charge in [0.2, 0.25) is 0 Å². The maximum Gasteiger partial charge on any atom is 0.321 e. The average Bonchev–Trinajstić information content (AvgIpc) is 2.96. The van der Waals surface area contributed by atoms with E-state index in [0.29, 0.717) is 23.4 Å².